The Hall–Kier alpha value is -4.36. The molecule has 0 aliphatic carbocycles. The van der Waals surface area contributed by atoms with Gasteiger partial charge in [0.15, 0.2) is 0 Å². The first-order valence-corrected chi connectivity index (χ1v) is 18.0. The van der Waals surface area contributed by atoms with Crippen LogP contribution < -0.4 is 11.1 Å². The number of fused-ring (bicyclic) bond motifs is 1. The van der Waals surface area contributed by atoms with Gasteiger partial charge in [-0.25, -0.2) is 0 Å². The second kappa shape index (κ2) is 17.0. The average Bonchev–Trinajstić information content (AvgIpc) is 3.56. The van der Waals surface area contributed by atoms with Crippen molar-refractivity contribution >= 4 is 29.3 Å². The number of rotatable bonds is 15. The third-order valence-corrected chi connectivity index (χ3v) is 10.6. The molecule has 2 fully saturated rings. The second-order valence-electron chi connectivity index (χ2n) is 13.8. The molecule has 0 spiro atoms. The van der Waals surface area contributed by atoms with E-state index in [-0.39, 0.29) is 49.0 Å². The van der Waals surface area contributed by atoms with E-state index in [1.165, 1.54) is 41.2 Å². The molecule has 3 aliphatic rings. The SMILES string of the molecule is CCN1CCCC1CN(CC(N)=O)C(=O)CCN1C(=O)c2ccccc2C(C(=O)NCCCN2CCCCC2C)C1c1cccc([N+](=O)[O-])c1. The summed E-state index contributed by atoms with van der Waals surface area (Å²) < 4.78 is 0. The molecule has 4 atom stereocenters. The first kappa shape index (κ1) is 36.9. The van der Waals surface area contributed by atoms with Crippen LogP contribution >= 0.6 is 0 Å². The number of non-ortho nitro benzene ring substituents is 1. The molecule has 2 aromatic carbocycles. The van der Waals surface area contributed by atoms with Crippen LogP contribution in [0.1, 0.15) is 92.2 Å². The van der Waals surface area contributed by atoms with Crippen molar-refractivity contribution in [1.82, 2.24) is 24.9 Å². The minimum Gasteiger partial charge on any atom is -0.368 e. The highest BCUT2D eigenvalue weighted by Crippen LogP contribution is 2.43. The van der Waals surface area contributed by atoms with Gasteiger partial charge in [-0.15, -0.1) is 0 Å². The molecule has 3 N–H and O–H groups in total. The fourth-order valence-electron chi connectivity index (χ4n) is 8.00. The highest BCUT2D eigenvalue weighted by molar-refractivity contribution is 6.01. The van der Waals surface area contributed by atoms with Crippen molar-refractivity contribution in [1.29, 1.82) is 0 Å². The zero-order chi connectivity index (χ0) is 35.8. The lowest BCUT2D eigenvalue weighted by Crippen LogP contribution is -2.50. The number of nitrogens with one attached hydrogen (secondary N) is 1. The number of carbonyl (C=O) groups excluding carboxylic acids is 4. The standard InChI is InChI=1S/C37H51N7O6/c1-3-40-20-9-14-29(40)24-42(25-32(38)45)33(46)17-22-43-35(27-12-8-13-28(23-27)44(49)50)34(30-15-4-5-16-31(30)37(43)48)36(47)39-18-10-21-41-19-7-6-11-26(41)2/h4-5,8,12-13,15-16,23,26,29,34-35H,3,6-7,9-11,14,17-22,24-25H2,1-2H3,(H2,38,45)(H,39,47). The summed E-state index contributed by atoms with van der Waals surface area (Å²) in [4.78, 5) is 73.3. The van der Waals surface area contributed by atoms with Gasteiger partial charge in [-0.05, 0) is 75.9 Å². The van der Waals surface area contributed by atoms with Crippen LogP contribution in [0.3, 0.4) is 0 Å². The van der Waals surface area contributed by atoms with Gasteiger partial charge < -0.3 is 25.8 Å². The van der Waals surface area contributed by atoms with Crippen molar-refractivity contribution in [3.63, 3.8) is 0 Å². The predicted molar refractivity (Wildman–Crippen MR) is 189 cm³/mol. The summed E-state index contributed by atoms with van der Waals surface area (Å²) in [6.45, 7) is 8.45. The van der Waals surface area contributed by atoms with Gasteiger partial charge in [-0.2, -0.15) is 0 Å². The molecule has 13 nitrogen and oxygen atoms in total. The van der Waals surface area contributed by atoms with Crippen LogP contribution in [0.15, 0.2) is 48.5 Å². The van der Waals surface area contributed by atoms with Crippen LogP contribution in [0.5, 0.6) is 0 Å². The summed E-state index contributed by atoms with van der Waals surface area (Å²) in [5.41, 5.74) is 6.71. The van der Waals surface area contributed by atoms with Crippen molar-refractivity contribution in [2.24, 2.45) is 5.73 Å². The van der Waals surface area contributed by atoms with Crippen LogP contribution in [-0.4, -0.2) is 113 Å². The summed E-state index contributed by atoms with van der Waals surface area (Å²) in [5, 5.41) is 14.9. The van der Waals surface area contributed by atoms with Gasteiger partial charge in [-0.3, -0.25) is 34.2 Å². The Morgan fingerprint density at radius 3 is 2.54 bits per heavy atom. The number of likely N-dealkylation sites (tertiary alicyclic amines) is 2. The molecule has 0 bridgehead atoms. The van der Waals surface area contributed by atoms with Gasteiger partial charge in [0, 0.05) is 62.4 Å². The Bertz CT molecular complexity index is 1550. The van der Waals surface area contributed by atoms with E-state index in [0.29, 0.717) is 35.8 Å². The molecule has 2 aromatic rings. The third kappa shape index (κ3) is 8.67. The molecule has 0 saturated carbocycles. The van der Waals surface area contributed by atoms with Crippen LogP contribution in [0.25, 0.3) is 0 Å². The predicted octanol–water partition coefficient (Wildman–Crippen LogP) is 3.44. The Labute approximate surface area is 294 Å². The molecule has 5 rings (SSSR count). The lowest BCUT2D eigenvalue weighted by Gasteiger charge is -2.42. The number of benzene rings is 2. The largest absolute Gasteiger partial charge is 0.368 e. The molecule has 0 aromatic heterocycles. The Balaban J connectivity index is 1.42. The van der Waals surface area contributed by atoms with Gasteiger partial charge in [0.05, 0.1) is 23.4 Å². The number of carbonyl (C=O) groups is 4. The first-order chi connectivity index (χ1) is 24.1. The van der Waals surface area contributed by atoms with E-state index in [1.807, 2.05) is 0 Å². The van der Waals surface area contributed by atoms with E-state index in [4.69, 9.17) is 5.73 Å². The number of nitro groups is 1. The van der Waals surface area contributed by atoms with E-state index in [9.17, 15) is 29.3 Å². The number of nitrogens with two attached hydrogens (primary N) is 1. The number of hydrogen-bond acceptors (Lipinski definition) is 8. The summed E-state index contributed by atoms with van der Waals surface area (Å²) >= 11 is 0. The van der Waals surface area contributed by atoms with E-state index < -0.39 is 22.8 Å². The van der Waals surface area contributed by atoms with Crippen molar-refractivity contribution in [3.8, 4) is 0 Å². The summed E-state index contributed by atoms with van der Waals surface area (Å²) in [6.07, 6.45) is 6.12. The van der Waals surface area contributed by atoms with Crippen molar-refractivity contribution < 1.29 is 24.1 Å². The normalized spacial score (nSPS) is 22.6. The van der Waals surface area contributed by atoms with E-state index in [2.05, 4.69) is 29.0 Å². The third-order valence-electron chi connectivity index (χ3n) is 10.6. The van der Waals surface area contributed by atoms with Crippen molar-refractivity contribution in [3.05, 3.63) is 75.3 Å². The molecule has 2 saturated heterocycles. The van der Waals surface area contributed by atoms with Crippen LogP contribution in [0.4, 0.5) is 5.69 Å². The van der Waals surface area contributed by atoms with Crippen molar-refractivity contribution in [2.75, 3.05) is 52.4 Å². The number of nitrogens with zero attached hydrogens (tertiary/aromatic N) is 5. The molecule has 3 aliphatic heterocycles. The van der Waals surface area contributed by atoms with E-state index in [1.54, 1.807) is 36.4 Å². The maximum Gasteiger partial charge on any atom is 0.269 e. The van der Waals surface area contributed by atoms with Crippen LogP contribution in [-0.2, 0) is 14.4 Å². The lowest BCUT2D eigenvalue weighted by atomic mass is 9.79. The number of amides is 4. The molecule has 4 unspecified atom stereocenters. The zero-order valence-electron chi connectivity index (χ0n) is 29.3. The van der Waals surface area contributed by atoms with Crippen LogP contribution in [0.2, 0.25) is 0 Å². The maximum absolute atomic E-state index is 14.2. The monoisotopic (exact) mass is 689 g/mol. The lowest BCUT2D eigenvalue weighted by molar-refractivity contribution is -0.385. The molecule has 50 heavy (non-hydrogen) atoms. The Morgan fingerprint density at radius 2 is 1.80 bits per heavy atom. The highest BCUT2D eigenvalue weighted by Gasteiger charge is 2.44. The molecule has 13 heteroatoms. The van der Waals surface area contributed by atoms with Gasteiger partial charge in [0.2, 0.25) is 17.7 Å². The first-order valence-electron chi connectivity index (χ1n) is 18.0. The number of likely N-dealkylation sites (N-methyl/N-ethyl adjacent to an activating group) is 1. The topological polar surface area (TPSA) is 162 Å². The molecule has 270 valence electrons. The minimum atomic E-state index is -0.915. The van der Waals surface area contributed by atoms with Gasteiger partial charge in [0.1, 0.15) is 0 Å². The summed E-state index contributed by atoms with van der Waals surface area (Å²) in [6, 6.07) is 12.6. The Morgan fingerprint density at radius 1 is 1.02 bits per heavy atom. The maximum atomic E-state index is 14.2. The highest BCUT2D eigenvalue weighted by atomic mass is 16.6. The summed E-state index contributed by atoms with van der Waals surface area (Å²) in [5.74, 6) is -2.50. The molecule has 0 radical (unpaired) electrons. The Kier molecular flexibility index (Phi) is 12.6. The van der Waals surface area contributed by atoms with Crippen LogP contribution in [0, 0.1) is 10.1 Å². The van der Waals surface area contributed by atoms with Gasteiger partial charge in [0.25, 0.3) is 11.6 Å². The fraction of sp³-hybridized carbons (Fsp3) is 0.568. The second-order valence-corrected chi connectivity index (χ2v) is 13.8. The molecule has 3 heterocycles. The number of piperidine rings is 1. The fourth-order valence-corrected chi connectivity index (χ4v) is 8.00. The number of hydrogen-bond donors (Lipinski definition) is 2. The van der Waals surface area contributed by atoms with Gasteiger partial charge >= 0.3 is 0 Å². The zero-order valence-corrected chi connectivity index (χ0v) is 29.3. The van der Waals surface area contributed by atoms with E-state index >= 15 is 0 Å². The van der Waals surface area contributed by atoms with Gasteiger partial charge in [-0.1, -0.05) is 43.7 Å². The minimum absolute atomic E-state index is 0.0621. The number of nitro benzene ring substituents is 1. The number of primary amides is 1. The molecular formula is C37H51N7O6. The molecular weight excluding hydrogens is 638 g/mol. The summed E-state index contributed by atoms with van der Waals surface area (Å²) in [7, 11) is 0. The molecule has 4 amide bonds. The smallest absolute Gasteiger partial charge is 0.269 e. The van der Waals surface area contributed by atoms with Crippen molar-refractivity contribution in [2.45, 2.75) is 82.8 Å². The van der Waals surface area contributed by atoms with E-state index in [0.717, 1.165) is 45.4 Å². The quantitative estimate of drug-likeness (QED) is 0.163. The average molecular weight is 690 g/mol.